The maximum Gasteiger partial charge on any atom is 0.0837 e. The first-order valence-electron chi connectivity index (χ1n) is 6.35. The Morgan fingerprint density at radius 2 is 2.32 bits per heavy atom. The predicted molar refractivity (Wildman–Crippen MR) is 90.1 cm³/mol. The highest BCUT2D eigenvalue weighted by molar-refractivity contribution is 14.1. The smallest absolute Gasteiger partial charge is 0.0837 e. The van der Waals surface area contributed by atoms with Crippen LogP contribution in [0.1, 0.15) is 37.6 Å². The molecule has 3 nitrogen and oxygen atoms in total. The van der Waals surface area contributed by atoms with Crippen molar-refractivity contribution in [1.82, 2.24) is 15.1 Å². The fraction of sp³-hybridized carbons (Fsp3) is 0.462. The summed E-state index contributed by atoms with van der Waals surface area (Å²) in [4.78, 5) is 0. The van der Waals surface area contributed by atoms with Gasteiger partial charge in [-0.3, -0.25) is 4.68 Å². The maximum absolute atomic E-state index is 6.33. The van der Waals surface area contributed by atoms with Crippen molar-refractivity contribution in [3.05, 3.63) is 36.8 Å². The number of hydrogen-bond acceptors (Lipinski definition) is 3. The fourth-order valence-electron chi connectivity index (χ4n) is 2.05. The predicted octanol–water partition coefficient (Wildman–Crippen LogP) is 4.31. The Balaban J connectivity index is 2.39. The van der Waals surface area contributed by atoms with Crippen LogP contribution in [0.25, 0.3) is 0 Å². The Labute approximate surface area is 136 Å². The Hall–Kier alpha value is -0.110. The van der Waals surface area contributed by atoms with Crippen molar-refractivity contribution >= 4 is 45.5 Å². The summed E-state index contributed by atoms with van der Waals surface area (Å²) in [5.41, 5.74) is 2.33. The molecule has 1 unspecified atom stereocenters. The van der Waals surface area contributed by atoms with Gasteiger partial charge in [0, 0.05) is 6.54 Å². The summed E-state index contributed by atoms with van der Waals surface area (Å²) >= 11 is 10.4. The topological polar surface area (TPSA) is 29.9 Å². The van der Waals surface area contributed by atoms with Crippen molar-refractivity contribution in [2.24, 2.45) is 0 Å². The number of hydrogen-bond donors (Lipinski definition) is 1. The standard InChI is InChI=1S/C13H17ClIN3S/c1-3-5-16-12(9-6-11(15)19-8-9)13-10(14)7-17-18(13)4-2/h6-8,12,16H,3-5H2,1-2H3. The van der Waals surface area contributed by atoms with Crippen molar-refractivity contribution in [3.63, 3.8) is 0 Å². The van der Waals surface area contributed by atoms with Crippen LogP contribution in [0, 0.1) is 2.88 Å². The van der Waals surface area contributed by atoms with E-state index in [1.54, 1.807) is 17.5 Å². The number of nitrogens with one attached hydrogen (secondary N) is 1. The highest BCUT2D eigenvalue weighted by Crippen LogP contribution is 2.31. The second-order valence-corrected chi connectivity index (χ2v) is 7.48. The van der Waals surface area contributed by atoms with Gasteiger partial charge in [0.25, 0.3) is 0 Å². The summed E-state index contributed by atoms with van der Waals surface area (Å²) in [6.07, 6.45) is 2.83. The zero-order chi connectivity index (χ0) is 13.8. The third-order valence-corrected chi connectivity index (χ3v) is 5.02. The van der Waals surface area contributed by atoms with Crippen LogP contribution in [0.2, 0.25) is 5.02 Å². The molecular weight excluding hydrogens is 393 g/mol. The van der Waals surface area contributed by atoms with Gasteiger partial charge < -0.3 is 5.32 Å². The van der Waals surface area contributed by atoms with Crippen molar-refractivity contribution in [3.8, 4) is 0 Å². The Morgan fingerprint density at radius 1 is 1.53 bits per heavy atom. The zero-order valence-electron chi connectivity index (χ0n) is 11.0. The van der Waals surface area contributed by atoms with Gasteiger partial charge in [0.1, 0.15) is 0 Å². The molecule has 0 saturated carbocycles. The van der Waals surface area contributed by atoms with Gasteiger partial charge in [-0.25, -0.2) is 0 Å². The first kappa shape index (κ1) is 15.3. The third kappa shape index (κ3) is 3.51. The molecule has 0 aliphatic rings. The number of nitrogens with zero attached hydrogens (tertiary/aromatic N) is 2. The van der Waals surface area contributed by atoms with Gasteiger partial charge in [-0.2, -0.15) is 5.10 Å². The number of aromatic nitrogens is 2. The number of halogens is 2. The highest BCUT2D eigenvalue weighted by Gasteiger charge is 2.22. The van der Waals surface area contributed by atoms with Gasteiger partial charge >= 0.3 is 0 Å². The van der Waals surface area contributed by atoms with Crippen LogP contribution in [-0.2, 0) is 6.54 Å². The van der Waals surface area contributed by atoms with Gasteiger partial charge in [-0.05, 0) is 59.5 Å². The van der Waals surface area contributed by atoms with Crippen molar-refractivity contribution in [2.75, 3.05) is 6.54 Å². The maximum atomic E-state index is 6.33. The fourth-order valence-corrected chi connectivity index (χ4v) is 3.69. The molecule has 19 heavy (non-hydrogen) atoms. The number of rotatable bonds is 6. The molecule has 104 valence electrons. The third-order valence-electron chi connectivity index (χ3n) is 2.93. The number of aryl methyl sites for hydroxylation is 1. The van der Waals surface area contributed by atoms with E-state index in [-0.39, 0.29) is 6.04 Å². The van der Waals surface area contributed by atoms with Crippen LogP contribution in [0.5, 0.6) is 0 Å². The first-order valence-corrected chi connectivity index (χ1v) is 8.69. The molecule has 2 aromatic rings. The Kier molecular flexibility index (Phi) is 5.68. The lowest BCUT2D eigenvalue weighted by atomic mass is 10.1. The summed E-state index contributed by atoms with van der Waals surface area (Å²) in [6.45, 7) is 6.04. The molecular formula is C13H17ClIN3S. The highest BCUT2D eigenvalue weighted by atomic mass is 127. The summed E-state index contributed by atoms with van der Waals surface area (Å²) in [5.74, 6) is 0. The van der Waals surface area contributed by atoms with Gasteiger partial charge in [0.2, 0.25) is 0 Å². The van der Waals surface area contributed by atoms with E-state index < -0.39 is 0 Å². The Bertz CT molecular complexity index is 538. The van der Waals surface area contributed by atoms with Crippen LogP contribution in [0.4, 0.5) is 0 Å². The van der Waals surface area contributed by atoms with Crippen LogP contribution < -0.4 is 5.32 Å². The molecule has 0 spiro atoms. The summed E-state index contributed by atoms with van der Waals surface area (Å²) in [6, 6.07) is 2.33. The molecule has 0 saturated heterocycles. The van der Waals surface area contributed by atoms with Crippen molar-refractivity contribution in [1.29, 1.82) is 0 Å². The molecule has 6 heteroatoms. The minimum absolute atomic E-state index is 0.120. The second kappa shape index (κ2) is 7.06. The monoisotopic (exact) mass is 409 g/mol. The molecule has 0 fully saturated rings. The molecule has 2 heterocycles. The van der Waals surface area contributed by atoms with Gasteiger partial charge in [-0.1, -0.05) is 18.5 Å². The van der Waals surface area contributed by atoms with E-state index >= 15 is 0 Å². The SMILES string of the molecule is CCCNC(c1csc(I)c1)c1c(Cl)cnn1CC. The largest absolute Gasteiger partial charge is 0.305 e. The van der Waals surface area contributed by atoms with Crippen LogP contribution in [0.15, 0.2) is 17.6 Å². The molecule has 1 atom stereocenters. The molecule has 2 aromatic heterocycles. The number of thiophene rings is 1. The lowest BCUT2D eigenvalue weighted by molar-refractivity contribution is 0.530. The van der Waals surface area contributed by atoms with E-state index in [1.807, 2.05) is 4.68 Å². The van der Waals surface area contributed by atoms with E-state index in [9.17, 15) is 0 Å². The van der Waals surface area contributed by atoms with Gasteiger partial charge in [0.05, 0.1) is 25.8 Å². The van der Waals surface area contributed by atoms with E-state index in [4.69, 9.17) is 11.6 Å². The molecule has 0 aliphatic heterocycles. The van der Waals surface area contributed by atoms with Crippen LogP contribution in [-0.4, -0.2) is 16.3 Å². The minimum Gasteiger partial charge on any atom is -0.305 e. The first-order chi connectivity index (χ1) is 9.17. The molecule has 1 N–H and O–H groups in total. The lowest BCUT2D eigenvalue weighted by Crippen LogP contribution is -2.25. The van der Waals surface area contributed by atoms with E-state index in [0.717, 1.165) is 30.2 Å². The molecule has 2 rings (SSSR count). The summed E-state index contributed by atoms with van der Waals surface area (Å²) in [7, 11) is 0. The normalized spacial score (nSPS) is 12.8. The minimum atomic E-state index is 0.120. The molecule has 0 bridgehead atoms. The zero-order valence-corrected chi connectivity index (χ0v) is 14.7. The average molecular weight is 410 g/mol. The van der Waals surface area contributed by atoms with Crippen molar-refractivity contribution in [2.45, 2.75) is 32.9 Å². The lowest BCUT2D eigenvalue weighted by Gasteiger charge is -2.19. The quantitative estimate of drug-likeness (QED) is 0.721. The van der Waals surface area contributed by atoms with Crippen LogP contribution >= 0.6 is 45.5 Å². The molecule has 0 aromatic carbocycles. The van der Waals surface area contributed by atoms with Crippen LogP contribution in [0.3, 0.4) is 0 Å². The second-order valence-electron chi connectivity index (χ2n) is 4.26. The molecule has 0 amide bonds. The van der Waals surface area contributed by atoms with Gasteiger partial charge in [-0.15, -0.1) is 11.3 Å². The Morgan fingerprint density at radius 3 is 2.89 bits per heavy atom. The van der Waals surface area contributed by atoms with E-state index in [1.165, 1.54) is 8.45 Å². The molecule has 0 radical (unpaired) electrons. The average Bonchev–Trinajstić information content (AvgIpc) is 2.98. The van der Waals surface area contributed by atoms with E-state index in [0.29, 0.717) is 0 Å². The van der Waals surface area contributed by atoms with Crippen molar-refractivity contribution < 1.29 is 0 Å². The van der Waals surface area contributed by atoms with E-state index in [2.05, 4.69) is 58.3 Å². The summed E-state index contributed by atoms with van der Waals surface area (Å²) < 4.78 is 3.26. The summed E-state index contributed by atoms with van der Waals surface area (Å²) in [5, 5.41) is 10.8. The molecule has 0 aliphatic carbocycles. The van der Waals surface area contributed by atoms with Gasteiger partial charge in [0.15, 0.2) is 0 Å².